The summed E-state index contributed by atoms with van der Waals surface area (Å²) in [6.07, 6.45) is 1.60. The third-order valence-corrected chi connectivity index (χ3v) is 2.12. The van der Waals surface area contributed by atoms with E-state index in [-0.39, 0.29) is 5.41 Å². The molecule has 1 radical (unpaired) electrons. The second kappa shape index (κ2) is 3.48. The zero-order chi connectivity index (χ0) is 10.9. The third-order valence-electron chi connectivity index (χ3n) is 2.12. The highest BCUT2D eigenvalue weighted by molar-refractivity contribution is 5.92. The third kappa shape index (κ3) is 1.81. The van der Waals surface area contributed by atoms with E-state index in [1.54, 1.807) is 13.2 Å². The molecule has 1 heterocycles. The number of furan rings is 1. The van der Waals surface area contributed by atoms with Crippen molar-refractivity contribution >= 4 is 5.97 Å². The van der Waals surface area contributed by atoms with Crippen LogP contribution in [0.1, 0.15) is 42.5 Å². The molecule has 0 N–H and O–H groups in total. The van der Waals surface area contributed by atoms with Crippen LogP contribution in [0.5, 0.6) is 0 Å². The summed E-state index contributed by atoms with van der Waals surface area (Å²) < 4.78 is 9.68. The van der Waals surface area contributed by atoms with Gasteiger partial charge in [0.05, 0.1) is 6.26 Å². The van der Waals surface area contributed by atoms with Crippen LogP contribution in [0, 0.1) is 14.0 Å². The second-order valence-electron chi connectivity index (χ2n) is 4.26. The summed E-state index contributed by atoms with van der Waals surface area (Å²) in [5.74, 6) is 0.129. The molecule has 0 unspecified atom stereocenters. The SMILES string of the molecule is [CH2]OC(=O)c1c(C(C)(C)C)coc1C. The van der Waals surface area contributed by atoms with Crippen molar-refractivity contribution in [2.45, 2.75) is 33.1 Å². The second-order valence-corrected chi connectivity index (χ2v) is 4.26. The number of aryl methyl sites for hydroxylation is 1. The van der Waals surface area contributed by atoms with E-state index in [2.05, 4.69) is 11.8 Å². The normalized spacial score (nSPS) is 11.5. The molecule has 0 saturated carbocycles. The van der Waals surface area contributed by atoms with Gasteiger partial charge in [-0.15, -0.1) is 0 Å². The van der Waals surface area contributed by atoms with Crippen molar-refractivity contribution in [3.05, 3.63) is 30.3 Å². The number of esters is 1. The van der Waals surface area contributed by atoms with E-state index < -0.39 is 5.97 Å². The molecule has 3 heteroatoms. The monoisotopic (exact) mass is 195 g/mol. The molecule has 0 aliphatic heterocycles. The van der Waals surface area contributed by atoms with Gasteiger partial charge in [0, 0.05) is 5.56 Å². The molecule has 1 rings (SSSR count). The number of rotatable bonds is 1. The zero-order valence-electron chi connectivity index (χ0n) is 9.01. The maximum Gasteiger partial charge on any atom is 0.342 e. The molecule has 1 aromatic rings. The summed E-state index contributed by atoms with van der Waals surface area (Å²) in [5.41, 5.74) is 1.21. The first-order valence-electron chi connectivity index (χ1n) is 4.43. The molecule has 0 bridgehead atoms. The Hall–Kier alpha value is -1.25. The fourth-order valence-electron chi connectivity index (χ4n) is 1.33. The highest BCUT2D eigenvalue weighted by Crippen LogP contribution is 2.29. The van der Waals surface area contributed by atoms with Crippen molar-refractivity contribution in [1.82, 2.24) is 0 Å². The Kier molecular flexibility index (Phi) is 2.69. The van der Waals surface area contributed by atoms with E-state index in [4.69, 9.17) is 4.42 Å². The van der Waals surface area contributed by atoms with Crippen LogP contribution in [0.25, 0.3) is 0 Å². The van der Waals surface area contributed by atoms with Gasteiger partial charge < -0.3 is 9.15 Å². The molecule has 0 fully saturated rings. The van der Waals surface area contributed by atoms with E-state index in [9.17, 15) is 4.79 Å². The first-order chi connectivity index (χ1) is 6.38. The van der Waals surface area contributed by atoms with Gasteiger partial charge in [-0.3, -0.25) is 0 Å². The zero-order valence-corrected chi connectivity index (χ0v) is 9.01. The Balaban J connectivity index is 3.26. The van der Waals surface area contributed by atoms with Gasteiger partial charge in [-0.25, -0.2) is 4.79 Å². The molecule has 0 atom stereocenters. The van der Waals surface area contributed by atoms with Crippen LogP contribution in [0.4, 0.5) is 0 Å². The van der Waals surface area contributed by atoms with Crippen molar-refractivity contribution in [2.75, 3.05) is 0 Å². The average molecular weight is 195 g/mol. The van der Waals surface area contributed by atoms with E-state index in [0.717, 1.165) is 5.56 Å². The van der Waals surface area contributed by atoms with Crippen LogP contribution in [-0.2, 0) is 10.2 Å². The van der Waals surface area contributed by atoms with E-state index in [1.165, 1.54) is 0 Å². The van der Waals surface area contributed by atoms with E-state index in [0.29, 0.717) is 11.3 Å². The highest BCUT2D eigenvalue weighted by Gasteiger charge is 2.26. The van der Waals surface area contributed by atoms with Crippen molar-refractivity contribution < 1.29 is 13.9 Å². The molecule has 0 aliphatic rings. The summed E-state index contributed by atoms with van der Waals surface area (Å²) >= 11 is 0. The van der Waals surface area contributed by atoms with Crippen LogP contribution in [0.2, 0.25) is 0 Å². The summed E-state index contributed by atoms with van der Waals surface area (Å²) in [4.78, 5) is 11.4. The van der Waals surface area contributed by atoms with Crippen molar-refractivity contribution in [2.24, 2.45) is 0 Å². The summed E-state index contributed by atoms with van der Waals surface area (Å²) in [6, 6.07) is 0. The van der Waals surface area contributed by atoms with Crippen LogP contribution in [0.3, 0.4) is 0 Å². The number of carbonyl (C=O) groups excluding carboxylic acids is 1. The van der Waals surface area contributed by atoms with E-state index >= 15 is 0 Å². The standard InChI is InChI=1S/C11H15O3/c1-7-9(10(12)13-5)8(6-14-7)11(2,3)4/h6H,5H2,1-4H3. The fourth-order valence-corrected chi connectivity index (χ4v) is 1.33. The molecule has 77 valence electrons. The molecule has 0 saturated heterocycles. The Morgan fingerprint density at radius 2 is 2.07 bits per heavy atom. The highest BCUT2D eigenvalue weighted by atomic mass is 16.5. The van der Waals surface area contributed by atoms with Crippen molar-refractivity contribution in [3.63, 3.8) is 0 Å². The van der Waals surface area contributed by atoms with Gasteiger partial charge in [-0.2, -0.15) is 0 Å². The number of hydrogen-bond acceptors (Lipinski definition) is 3. The predicted octanol–water partition coefficient (Wildman–Crippen LogP) is 2.83. The molecular formula is C11H15O3. The number of hydrogen-bond donors (Lipinski definition) is 0. The molecule has 3 nitrogen and oxygen atoms in total. The lowest BCUT2D eigenvalue weighted by molar-refractivity contribution is 0.0649. The number of ether oxygens (including phenoxy) is 1. The van der Waals surface area contributed by atoms with Crippen LogP contribution >= 0.6 is 0 Å². The maximum atomic E-state index is 11.4. The Labute approximate surface area is 84.1 Å². The first-order valence-corrected chi connectivity index (χ1v) is 4.43. The molecule has 0 spiro atoms. The van der Waals surface area contributed by atoms with Crippen LogP contribution < -0.4 is 0 Å². The Morgan fingerprint density at radius 1 is 1.50 bits per heavy atom. The molecular weight excluding hydrogens is 180 g/mol. The predicted molar refractivity (Wildman–Crippen MR) is 52.9 cm³/mol. The molecule has 0 amide bonds. The molecule has 0 aliphatic carbocycles. The van der Waals surface area contributed by atoms with Crippen LogP contribution in [-0.4, -0.2) is 5.97 Å². The van der Waals surface area contributed by atoms with Gasteiger partial charge in [0.25, 0.3) is 0 Å². The van der Waals surface area contributed by atoms with Gasteiger partial charge >= 0.3 is 5.97 Å². The van der Waals surface area contributed by atoms with Gasteiger partial charge in [-0.1, -0.05) is 20.8 Å². The molecule has 14 heavy (non-hydrogen) atoms. The summed E-state index contributed by atoms with van der Waals surface area (Å²) in [7, 11) is 3.11. The molecule has 1 aromatic heterocycles. The minimum atomic E-state index is -0.443. The lowest BCUT2D eigenvalue weighted by atomic mass is 9.86. The number of carbonyl (C=O) groups is 1. The molecule has 0 aromatic carbocycles. The average Bonchev–Trinajstić information content (AvgIpc) is 2.45. The first kappa shape index (κ1) is 10.8. The largest absolute Gasteiger partial charge is 0.468 e. The topological polar surface area (TPSA) is 39.4 Å². The quantitative estimate of drug-likeness (QED) is 0.647. The van der Waals surface area contributed by atoms with E-state index in [1.807, 2.05) is 20.8 Å². The fraction of sp³-hybridized carbons (Fsp3) is 0.455. The minimum Gasteiger partial charge on any atom is -0.468 e. The minimum absolute atomic E-state index is 0.138. The summed E-state index contributed by atoms with van der Waals surface area (Å²) in [6.45, 7) is 7.77. The van der Waals surface area contributed by atoms with Gasteiger partial charge in [0.1, 0.15) is 18.4 Å². The smallest absolute Gasteiger partial charge is 0.342 e. The maximum absolute atomic E-state index is 11.4. The summed E-state index contributed by atoms with van der Waals surface area (Å²) in [5, 5.41) is 0. The van der Waals surface area contributed by atoms with Crippen molar-refractivity contribution in [1.29, 1.82) is 0 Å². The lowest BCUT2D eigenvalue weighted by Crippen LogP contribution is -2.16. The van der Waals surface area contributed by atoms with Gasteiger partial charge in [0.15, 0.2) is 0 Å². The van der Waals surface area contributed by atoms with Gasteiger partial charge in [-0.05, 0) is 12.3 Å². The lowest BCUT2D eigenvalue weighted by Gasteiger charge is -2.17. The Bertz CT molecular complexity index is 342. The Morgan fingerprint density at radius 3 is 2.50 bits per heavy atom. The van der Waals surface area contributed by atoms with Gasteiger partial charge in [0.2, 0.25) is 0 Å². The van der Waals surface area contributed by atoms with Crippen LogP contribution in [0.15, 0.2) is 10.7 Å². The van der Waals surface area contributed by atoms with Crippen molar-refractivity contribution in [3.8, 4) is 0 Å².